The van der Waals surface area contributed by atoms with E-state index in [0.29, 0.717) is 11.0 Å². The molecule has 0 spiro atoms. The van der Waals surface area contributed by atoms with Gasteiger partial charge in [0.15, 0.2) is 0 Å². The fraction of sp³-hybridized carbons (Fsp3) is 0.500. The first-order valence-electron chi connectivity index (χ1n) is 2.89. The van der Waals surface area contributed by atoms with E-state index in [4.69, 9.17) is 21.7 Å². The second-order valence-corrected chi connectivity index (χ2v) is 3.42. The van der Waals surface area contributed by atoms with Crippen LogP contribution in [0, 0.1) is 0 Å². The highest BCUT2D eigenvalue weighted by Gasteiger charge is 2.20. The summed E-state index contributed by atoms with van der Waals surface area (Å²) in [6.45, 7) is 3.98. The Morgan fingerprint density at radius 3 is 3.30 bits per heavy atom. The van der Waals surface area contributed by atoms with Crippen LogP contribution in [0.4, 0.5) is 0 Å². The third-order valence-electron chi connectivity index (χ3n) is 1.05. The van der Waals surface area contributed by atoms with Gasteiger partial charge in [-0.15, -0.1) is 0 Å². The van der Waals surface area contributed by atoms with Gasteiger partial charge in [0, 0.05) is 5.75 Å². The van der Waals surface area contributed by atoms with E-state index in [9.17, 15) is 0 Å². The highest BCUT2D eigenvalue weighted by Crippen LogP contribution is 2.19. The summed E-state index contributed by atoms with van der Waals surface area (Å²) in [5, 5.41) is 0. The van der Waals surface area contributed by atoms with E-state index in [1.807, 2.05) is 0 Å². The Morgan fingerprint density at radius 2 is 2.80 bits per heavy atom. The molecule has 0 aromatic carbocycles. The second-order valence-electron chi connectivity index (χ2n) is 1.80. The summed E-state index contributed by atoms with van der Waals surface area (Å²) < 4.78 is 10.7. The molecular weight excluding hydrogens is 168 g/mol. The van der Waals surface area contributed by atoms with Crippen LogP contribution in [-0.4, -0.2) is 22.8 Å². The number of thiocarbonyl (C=S) groups is 1. The Bertz CT molecular complexity index is 147. The maximum Gasteiger partial charge on any atom is 0.220 e. The molecule has 1 aliphatic heterocycles. The molecule has 1 unspecified atom stereocenters. The highest BCUT2D eigenvalue weighted by molar-refractivity contribution is 8.22. The van der Waals surface area contributed by atoms with Crippen molar-refractivity contribution in [3.63, 3.8) is 0 Å². The summed E-state index contributed by atoms with van der Waals surface area (Å²) in [6, 6.07) is 0. The van der Waals surface area contributed by atoms with Gasteiger partial charge in [0.2, 0.25) is 4.38 Å². The van der Waals surface area contributed by atoms with Crippen molar-refractivity contribution in [2.45, 2.75) is 6.10 Å². The van der Waals surface area contributed by atoms with Crippen molar-refractivity contribution in [2.24, 2.45) is 0 Å². The zero-order chi connectivity index (χ0) is 7.40. The standard InChI is InChI=1S/C6H8O2S2/c1-2-7-3-5-4-10-6(9)8-5/h2,5H,1,3-4H2. The van der Waals surface area contributed by atoms with Crippen LogP contribution >= 0.6 is 24.0 Å². The second kappa shape index (κ2) is 3.83. The van der Waals surface area contributed by atoms with Gasteiger partial charge in [0.1, 0.15) is 12.7 Å². The molecular formula is C6H8O2S2. The van der Waals surface area contributed by atoms with E-state index in [1.165, 1.54) is 6.26 Å². The van der Waals surface area contributed by atoms with Gasteiger partial charge >= 0.3 is 0 Å². The molecule has 10 heavy (non-hydrogen) atoms. The van der Waals surface area contributed by atoms with Crippen molar-refractivity contribution >= 4 is 28.4 Å². The van der Waals surface area contributed by atoms with Crippen molar-refractivity contribution in [2.75, 3.05) is 12.4 Å². The lowest BCUT2D eigenvalue weighted by molar-refractivity contribution is 0.122. The Labute approximate surface area is 69.6 Å². The summed E-state index contributed by atoms with van der Waals surface area (Å²) in [4.78, 5) is 0. The average molecular weight is 176 g/mol. The van der Waals surface area contributed by atoms with E-state index in [0.717, 1.165) is 5.75 Å². The normalized spacial score (nSPS) is 24.0. The molecule has 0 bridgehead atoms. The molecule has 0 N–H and O–H groups in total. The largest absolute Gasteiger partial charge is 0.498 e. The lowest BCUT2D eigenvalue weighted by Crippen LogP contribution is -2.15. The highest BCUT2D eigenvalue weighted by atomic mass is 32.2. The number of hydrogen-bond acceptors (Lipinski definition) is 4. The topological polar surface area (TPSA) is 18.5 Å². The predicted octanol–water partition coefficient (Wildman–Crippen LogP) is 1.56. The van der Waals surface area contributed by atoms with Crippen molar-refractivity contribution in [1.29, 1.82) is 0 Å². The third kappa shape index (κ3) is 2.19. The summed E-state index contributed by atoms with van der Waals surface area (Å²) in [5.74, 6) is 0.896. The molecule has 0 saturated carbocycles. The molecule has 1 aliphatic rings. The quantitative estimate of drug-likeness (QED) is 0.479. The summed E-state index contributed by atoms with van der Waals surface area (Å²) in [6.07, 6.45) is 1.53. The van der Waals surface area contributed by atoms with Gasteiger partial charge in [0.05, 0.1) is 6.26 Å². The molecule has 1 atom stereocenters. The Balaban J connectivity index is 2.18. The van der Waals surface area contributed by atoms with Crippen molar-refractivity contribution in [3.05, 3.63) is 12.8 Å². The van der Waals surface area contributed by atoms with Crippen LogP contribution in [0.25, 0.3) is 0 Å². The van der Waals surface area contributed by atoms with E-state index < -0.39 is 0 Å². The first-order chi connectivity index (χ1) is 4.83. The Kier molecular flexibility index (Phi) is 3.02. The van der Waals surface area contributed by atoms with Gasteiger partial charge in [-0.25, -0.2) is 0 Å². The molecule has 0 aliphatic carbocycles. The minimum Gasteiger partial charge on any atom is -0.498 e. The molecule has 0 aromatic rings. The van der Waals surface area contributed by atoms with Crippen molar-refractivity contribution in [3.8, 4) is 0 Å². The van der Waals surface area contributed by atoms with E-state index in [-0.39, 0.29) is 6.10 Å². The molecule has 0 amide bonds. The van der Waals surface area contributed by atoms with E-state index in [2.05, 4.69) is 6.58 Å². The fourth-order valence-electron chi connectivity index (χ4n) is 0.623. The SMILES string of the molecule is C=COCC1CSC(=S)O1. The fourth-order valence-corrected chi connectivity index (χ4v) is 1.65. The van der Waals surface area contributed by atoms with Gasteiger partial charge in [-0.05, 0) is 12.2 Å². The number of hydrogen-bond donors (Lipinski definition) is 0. The summed E-state index contributed by atoms with van der Waals surface area (Å²) >= 11 is 6.36. The van der Waals surface area contributed by atoms with Gasteiger partial charge in [-0.3, -0.25) is 0 Å². The van der Waals surface area contributed by atoms with Gasteiger partial charge in [0.25, 0.3) is 0 Å². The van der Waals surface area contributed by atoms with Crippen LogP contribution in [0.1, 0.15) is 0 Å². The van der Waals surface area contributed by atoms with E-state index in [1.54, 1.807) is 11.8 Å². The smallest absolute Gasteiger partial charge is 0.220 e. The Morgan fingerprint density at radius 1 is 2.00 bits per heavy atom. The zero-order valence-electron chi connectivity index (χ0n) is 5.41. The number of rotatable bonds is 3. The van der Waals surface area contributed by atoms with Crippen LogP contribution in [0.5, 0.6) is 0 Å². The van der Waals surface area contributed by atoms with Gasteiger partial charge in [-0.2, -0.15) is 0 Å². The molecule has 4 heteroatoms. The zero-order valence-corrected chi connectivity index (χ0v) is 7.04. The molecule has 0 radical (unpaired) electrons. The van der Waals surface area contributed by atoms with Gasteiger partial charge in [-0.1, -0.05) is 18.3 Å². The van der Waals surface area contributed by atoms with Crippen LogP contribution in [0.15, 0.2) is 12.8 Å². The van der Waals surface area contributed by atoms with Crippen LogP contribution in [-0.2, 0) is 9.47 Å². The molecule has 0 aromatic heterocycles. The predicted molar refractivity (Wildman–Crippen MR) is 46.1 cm³/mol. The van der Waals surface area contributed by atoms with Crippen LogP contribution < -0.4 is 0 Å². The monoisotopic (exact) mass is 176 g/mol. The molecule has 1 saturated heterocycles. The molecule has 1 rings (SSSR count). The summed E-state index contributed by atoms with van der Waals surface area (Å²) in [7, 11) is 0. The lowest BCUT2D eigenvalue weighted by Gasteiger charge is -2.06. The molecule has 56 valence electrons. The number of thioether (sulfide) groups is 1. The Hall–Kier alpha value is -0.220. The maximum atomic E-state index is 5.18. The lowest BCUT2D eigenvalue weighted by atomic mass is 10.4. The molecule has 1 heterocycles. The van der Waals surface area contributed by atoms with Gasteiger partial charge < -0.3 is 9.47 Å². The average Bonchev–Trinajstić information content (AvgIpc) is 2.31. The summed E-state index contributed by atoms with van der Waals surface area (Å²) in [5.41, 5.74) is 0. The number of ether oxygens (including phenoxy) is 2. The van der Waals surface area contributed by atoms with Crippen LogP contribution in [0.3, 0.4) is 0 Å². The third-order valence-corrected chi connectivity index (χ3v) is 2.37. The minimum atomic E-state index is 0.121. The van der Waals surface area contributed by atoms with Crippen molar-refractivity contribution in [1.82, 2.24) is 0 Å². The first-order valence-corrected chi connectivity index (χ1v) is 4.28. The minimum absolute atomic E-state index is 0.121. The van der Waals surface area contributed by atoms with Crippen LogP contribution in [0.2, 0.25) is 0 Å². The molecule has 1 fully saturated rings. The first kappa shape index (κ1) is 7.88. The maximum absolute atomic E-state index is 5.18. The molecule has 2 nitrogen and oxygen atoms in total. The van der Waals surface area contributed by atoms with Crippen molar-refractivity contribution < 1.29 is 9.47 Å². The van der Waals surface area contributed by atoms with E-state index >= 15 is 0 Å².